The molecule has 0 aromatic carbocycles. The van der Waals surface area contributed by atoms with Crippen molar-refractivity contribution >= 4 is 5.94 Å². The first-order chi connectivity index (χ1) is 3.06. The zero-order valence-electron chi connectivity index (χ0n) is 4.34. The van der Waals surface area contributed by atoms with E-state index in [1.54, 1.807) is 0 Å². The van der Waals surface area contributed by atoms with Gasteiger partial charge in [-0.25, -0.2) is 4.79 Å². The Morgan fingerprint density at radius 2 is 2.14 bits per heavy atom. The third-order valence-electron chi connectivity index (χ3n) is 0.364. The Hall–Kier alpha value is -0.630. The normalized spacial score (nSPS) is 10.1. The molecular formula is C4H7NO2. The average Bonchev–Trinajstić information content (AvgIpc) is 1.30. The molecule has 0 aromatic rings. The minimum atomic E-state index is -0.705. The Bertz CT molecular complexity index is 96.7. The first-order valence-electron chi connectivity index (χ1n) is 1.83. The summed E-state index contributed by atoms with van der Waals surface area (Å²) in [6.45, 7) is 0. The van der Waals surface area contributed by atoms with Gasteiger partial charge in [-0.2, -0.15) is 0 Å². The van der Waals surface area contributed by atoms with Crippen molar-refractivity contribution in [1.29, 1.82) is 0 Å². The highest BCUT2D eigenvalue weighted by atomic mass is 16.5. The van der Waals surface area contributed by atoms with Crippen LogP contribution >= 0.6 is 0 Å². The Kier molecular flexibility index (Phi) is 1.72. The lowest BCUT2D eigenvalue weighted by Crippen LogP contribution is -2.24. The first-order valence-corrected chi connectivity index (χ1v) is 1.83. The summed E-state index contributed by atoms with van der Waals surface area (Å²) in [5.74, 6) is 1.39. The van der Waals surface area contributed by atoms with Crippen molar-refractivity contribution in [2.45, 2.75) is 0 Å². The summed E-state index contributed by atoms with van der Waals surface area (Å²) in [5.41, 5.74) is 0. The summed E-state index contributed by atoms with van der Waals surface area (Å²) in [4.78, 5) is 9.42. The summed E-state index contributed by atoms with van der Waals surface area (Å²) < 4.78 is -0.705. The Morgan fingerprint density at radius 1 is 1.71 bits per heavy atom. The third kappa shape index (κ3) is 5.37. The molecule has 0 heterocycles. The van der Waals surface area contributed by atoms with Crippen molar-refractivity contribution in [3.05, 3.63) is 11.4 Å². The van der Waals surface area contributed by atoms with Gasteiger partial charge < -0.3 is 9.85 Å². The van der Waals surface area contributed by atoms with Crippen molar-refractivity contribution in [2.24, 2.45) is 0 Å². The van der Waals surface area contributed by atoms with E-state index in [0.717, 1.165) is 6.20 Å². The first kappa shape index (κ1) is 6.37. The van der Waals surface area contributed by atoms with E-state index >= 15 is 0 Å². The molecule has 0 aliphatic heterocycles. The van der Waals surface area contributed by atoms with Crippen LogP contribution in [0.1, 0.15) is 0 Å². The molecule has 0 spiro atoms. The lowest BCUT2D eigenvalue weighted by atomic mass is 10.8. The van der Waals surface area contributed by atoms with Crippen LogP contribution in [0.15, 0.2) is 6.20 Å². The van der Waals surface area contributed by atoms with Crippen LogP contribution in [-0.2, 0) is 4.79 Å². The molecule has 0 saturated heterocycles. The summed E-state index contributed by atoms with van der Waals surface area (Å²) in [7, 11) is 2.68. The molecular weight excluding hydrogens is 94.0 g/mol. The molecule has 0 radical (unpaired) electrons. The molecule has 40 valence electrons. The van der Waals surface area contributed by atoms with Crippen LogP contribution in [0.4, 0.5) is 0 Å². The number of carbonyl (C=O) groups excluding carboxylic acids is 1. The number of hydroxylamine groups is 3. The number of nitrogens with zero attached hydrogens (tertiary/aromatic N) is 1. The van der Waals surface area contributed by atoms with Crippen molar-refractivity contribution in [3.8, 4) is 0 Å². The summed E-state index contributed by atoms with van der Waals surface area (Å²) in [5, 5.41) is 10.3. The highest BCUT2D eigenvalue weighted by molar-refractivity contribution is 5.42. The van der Waals surface area contributed by atoms with Gasteiger partial charge in [0, 0.05) is 0 Å². The second kappa shape index (κ2) is 1.89. The highest BCUT2D eigenvalue weighted by Gasteiger charge is 1.90. The Balaban J connectivity index is 3.80. The zero-order valence-corrected chi connectivity index (χ0v) is 4.34. The molecule has 0 aliphatic carbocycles. The Morgan fingerprint density at radius 3 is 2.14 bits per heavy atom. The summed E-state index contributed by atoms with van der Waals surface area (Å²) >= 11 is 0. The number of quaternary nitrogens is 1. The predicted molar refractivity (Wildman–Crippen MR) is 25.7 cm³/mol. The smallest absolute Gasteiger partial charge is 0.183 e. The number of hydrogen-bond donors (Lipinski definition) is 0. The lowest BCUT2D eigenvalue weighted by Gasteiger charge is -2.25. The molecule has 0 aromatic heterocycles. The molecule has 3 nitrogen and oxygen atoms in total. The van der Waals surface area contributed by atoms with E-state index in [4.69, 9.17) is 0 Å². The molecule has 0 bridgehead atoms. The molecule has 0 rings (SSSR count). The highest BCUT2D eigenvalue weighted by Crippen LogP contribution is 1.87. The fraction of sp³-hybridized carbons (Fsp3) is 0.500. The fourth-order valence-electron chi connectivity index (χ4n) is 0.127. The molecule has 7 heavy (non-hydrogen) atoms. The van der Waals surface area contributed by atoms with E-state index in [0.29, 0.717) is 0 Å². The van der Waals surface area contributed by atoms with Gasteiger partial charge in [0.1, 0.15) is 0 Å². The van der Waals surface area contributed by atoms with E-state index in [1.165, 1.54) is 20.0 Å². The van der Waals surface area contributed by atoms with Crippen LogP contribution in [0, 0.1) is 5.21 Å². The van der Waals surface area contributed by atoms with Crippen LogP contribution in [-0.4, -0.2) is 24.7 Å². The molecule has 3 heteroatoms. The van der Waals surface area contributed by atoms with Gasteiger partial charge in [-0.15, -0.1) is 0 Å². The maximum absolute atomic E-state index is 10.3. The third-order valence-corrected chi connectivity index (χ3v) is 0.364. The topological polar surface area (TPSA) is 40.1 Å². The van der Waals surface area contributed by atoms with Gasteiger partial charge in [-0.3, -0.25) is 0 Å². The minimum absolute atomic E-state index is 0.705. The molecule has 0 N–H and O–H groups in total. The van der Waals surface area contributed by atoms with E-state index in [-0.39, 0.29) is 0 Å². The van der Waals surface area contributed by atoms with Crippen LogP contribution in [0.3, 0.4) is 0 Å². The monoisotopic (exact) mass is 101 g/mol. The van der Waals surface area contributed by atoms with Crippen LogP contribution < -0.4 is 0 Å². The maximum Gasteiger partial charge on any atom is 0.183 e. The van der Waals surface area contributed by atoms with Crippen molar-refractivity contribution in [3.63, 3.8) is 0 Å². The SMILES string of the molecule is C[N+](C)([O-])C=C=O. The quantitative estimate of drug-likeness (QED) is 0.263. The molecule has 0 atom stereocenters. The van der Waals surface area contributed by atoms with E-state index in [2.05, 4.69) is 0 Å². The molecule has 0 saturated carbocycles. The number of hydrogen-bond acceptors (Lipinski definition) is 2. The van der Waals surface area contributed by atoms with Crippen molar-refractivity contribution in [1.82, 2.24) is 0 Å². The minimum Gasteiger partial charge on any atom is -0.628 e. The van der Waals surface area contributed by atoms with E-state index < -0.39 is 4.65 Å². The van der Waals surface area contributed by atoms with E-state index in [1.807, 2.05) is 0 Å². The van der Waals surface area contributed by atoms with Gasteiger partial charge in [0.25, 0.3) is 0 Å². The van der Waals surface area contributed by atoms with Crippen LogP contribution in [0.5, 0.6) is 0 Å². The number of rotatable bonds is 1. The van der Waals surface area contributed by atoms with Gasteiger partial charge in [-0.1, -0.05) is 0 Å². The average molecular weight is 101 g/mol. The second-order valence-electron chi connectivity index (χ2n) is 1.68. The molecule has 0 amide bonds. The van der Waals surface area contributed by atoms with Crippen LogP contribution in [0.2, 0.25) is 0 Å². The maximum atomic E-state index is 10.3. The zero-order chi connectivity index (χ0) is 5.91. The van der Waals surface area contributed by atoms with Crippen molar-refractivity contribution in [2.75, 3.05) is 14.1 Å². The largest absolute Gasteiger partial charge is 0.628 e. The summed E-state index contributed by atoms with van der Waals surface area (Å²) in [6, 6.07) is 0. The van der Waals surface area contributed by atoms with Gasteiger partial charge in [-0.05, 0) is 0 Å². The lowest BCUT2D eigenvalue weighted by molar-refractivity contribution is -0.783. The van der Waals surface area contributed by atoms with Crippen LogP contribution in [0.25, 0.3) is 0 Å². The van der Waals surface area contributed by atoms with Crippen molar-refractivity contribution < 1.29 is 9.44 Å². The predicted octanol–water partition coefficient (Wildman–Crippen LogP) is -0.0941. The summed E-state index contributed by atoms with van der Waals surface area (Å²) in [6.07, 6.45) is 0.889. The van der Waals surface area contributed by atoms with Gasteiger partial charge >= 0.3 is 0 Å². The Labute approximate surface area is 42.0 Å². The van der Waals surface area contributed by atoms with Gasteiger partial charge in [0.15, 0.2) is 12.1 Å². The van der Waals surface area contributed by atoms with Gasteiger partial charge in [0.2, 0.25) is 0 Å². The van der Waals surface area contributed by atoms with E-state index in [9.17, 15) is 10.0 Å². The standard InChI is InChI=1S/C4H7NO2/c1-5(2,7)3-4-6/h3H,1-2H3. The second-order valence-corrected chi connectivity index (χ2v) is 1.68. The molecule has 0 unspecified atom stereocenters. The van der Waals surface area contributed by atoms with Gasteiger partial charge in [0.05, 0.1) is 14.1 Å². The molecule has 0 fully saturated rings. The molecule has 0 aliphatic rings. The fourth-order valence-corrected chi connectivity index (χ4v) is 0.127.